The molecule has 0 aromatic heterocycles. The summed E-state index contributed by atoms with van der Waals surface area (Å²) < 4.78 is 0. The van der Waals surface area contributed by atoms with E-state index in [2.05, 4.69) is 48.6 Å². The molecule has 2 nitrogen and oxygen atoms in total. The van der Waals surface area contributed by atoms with Crippen LogP contribution in [0.3, 0.4) is 0 Å². The van der Waals surface area contributed by atoms with E-state index in [4.69, 9.17) is 0 Å². The fourth-order valence-electron chi connectivity index (χ4n) is 3.51. The minimum absolute atomic E-state index is 0.00917. The lowest BCUT2D eigenvalue weighted by Crippen LogP contribution is -2.14. The maximum Gasteiger partial charge on any atom is 0.144 e. The second-order valence-electron chi connectivity index (χ2n) is 6.45. The summed E-state index contributed by atoms with van der Waals surface area (Å²) >= 11 is 0. The fraction of sp³-hybridized carbons (Fsp3) is 0.381. The van der Waals surface area contributed by atoms with E-state index in [1.807, 2.05) is 18.2 Å². The molecule has 1 heterocycles. The number of nitrogens with one attached hydrogen (secondary N) is 1. The van der Waals surface area contributed by atoms with Gasteiger partial charge in [-0.1, -0.05) is 61.5 Å². The quantitative estimate of drug-likeness (QED) is 0.871. The van der Waals surface area contributed by atoms with Crippen molar-refractivity contribution in [3.63, 3.8) is 0 Å². The Balaban J connectivity index is 1.67. The molecule has 2 heteroatoms. The Morgan fingerprint density at radius 2 is 1.87 bits per heavy atom. The highest BCUT2D eigenvalue weighted by atomic mass is 16.1. The number of carbonyl (C=O) groups excluding carboxylic acids is 1. The molecule has 1 saturated heterocycles. The van der Waals surface area contributed by atoms with Gasteiger partial charge in [-0.3, -0.25) is 4.79 Å². The average Bonchev–Trinajstić information content (AvgIpc) is 3.12. The van der Waals surface area contributed by atoms with E-state index < -0.39 is 0 Å². The van der Waals surface area contributed by atoms with Gasteiger partial charge in [0.2, 0.25) is 0 Å². The van der Waals surface area contributed by atoms with Gasteiger partial charge >= 0.3 is 0 Å². The summed E-state index contributed by atoms with van der Waals surface area (Å²) in [5.74, 6) is 0.955. The van der Waals surface area contributed by atoms with Gasteiger partial charge in [-0.2, -0.15) is 0 Å². The molecule has 0 aliphatic carbocycles. The number of hydrogen-bond donors (Lipinski definition) is 1. The van der Waals surface area contributed by atoms with Crippen LogP contribution >= 0.6 is 0 Å². The maximum absolute atomic E-state index is 12.7. The van der Waals surface area contributed by atoms with Gasteiger partial charge in [0, 0.05) is 18.9 Å². The molecule has 0 spiro atoms. The second kappa shape index (κ2) is 7.56. The number of hydrogen-bond acceptors (Lipinski definition) is 2. The molecule has 2 atom stereocenters. The first-order chi connectivity index (χ1) is 11.3. The topological polar surface area (TPSA) is 29.1 Å². The molecule has 1 aliphatic heterocycles. The molecule has 1 aliphatic rings. The van der Waals surface area contributed by atoms with E-state index in [1.165, 1.54) is 12.0 Å². The molecule has 1 fully saturated rings. The largest absolute Gasteiger partial charge is 0.316 e. The van der Waals surface area contributed by atoms with E-state index >= 15 is 0 Å². The van der Waals surface area contributed by atoms with Crippen LogP contribution in [0.25, 0.3) is 0 Å². The number of ketones is 1. The second-order valence-corrected chi connectivity index (χ2v) is 6.45. The van der Waals surface area contributed by atoms with Gasteiger partial charge in [-0.25, -0.2) is 0 Å². The summed E-state index contributed by atoms with van der Waals surface area (Å²) in [6, 6.07) is 18.8. The van der Waals surface area contributed by atoms with Gasteiger partial charge in [0.05, 0.1) is 0 Å². The monoisotopic (exact) mass is 307 g/mol. The zero-order valence-corrected chi connectivity index (χ0v) is 13.8. The lowest BCUT2D eigenvalue weighted by atomic mass is 9.88. The van der Waals surface area contributed by atoms with Crippen molar-refractivity contribution in [3.05, 3.63) is 71.3 Å². The van der Waals surface area contributed by atoms with Crippen molar-refractivity contribution in [2.24, 2.45) is 0 Å². The minimum atomic E-state index is 0.00917. The molecule has 0 amide bonds. The molecule has 23 heavy (non-hydrogen) atoms. The molecule has 0 radical (unpaired) electrons. The first kappa shape index (κ1) is 15.9. The first-order valence-electron chi connectivity index (χ1n) is 8.65. The summed E-state index contributed by atoms with van der Waals surface area (Å²) in [4.78, 5) is 12.7. The van der Waals surface area contributed by atoms with Gasteiger partial charge in [-0.15, -0.1) is 0 Å². The third-order valence-electron chi connectivity index (χ3n) is 4.89. The highest BCUT2D eigenvalue weighted by Gasteiger charge is 2.19. The molecule has 0 saturated carbocycles. The van der Waals surface area contributed by atoms with Crippen LogP contribution in [0.4, 0.5) is 0 Å². The van der Waals surface area contributed by atoms with Gasteiger partial charge < -0.3 is 5.32 Å². The predicted octanol–water partition coefficient (Wildman–Crippen LogP) is 4.07. The Hall–Kier alpha value is -1.93. The van der Waals surface area contributed by atoms with Gasteiger partial charge in [0.1, 0.15) is 5.78 Å². The van der Waals surface area contributed by atoms with Gasteiger partial charge in [0.25, 0.3) is 0 Å². The Morgan fingerprint density at radius 1 is 1.13 bits per heavy atom. The summed E-state index contributed by atoms with van der Waals surface area (Å²) in [5, 5.41) is 3.40. The molecule has 2 aromatic rings. The zero-order valence-electron chi connectivity index (χ0n) is 13.8. The first-order valence-corrected chi connectivity index (χ1v) is 8.65. The van der Waals surface area contributed by atoms with E-state index in [0.29, 0.717) is 18.1 Å². The lowest BCUT2D eigenvalue weighted by molar-refractivity contribution is -0.119. The molecule has 1 N–H and O–H groups in total. The van der Waals surface area contributed by atoms with E-state index in [1.54, 1.807) is 0 Å². The molecule has 0 bridgehead atoms. The number of benzene rings is 2. The van der Waals surface area contributed by atoms with Crippen molar-refractivity contribution in [2.45, 2.75) is 38.0 Å². The van der Waals surface area contributed by atoms with Crippen molar-refractivity contribution in [3.8, 4) is 0 Å². The minimum Gasteiger partial charge on any atom is -0.316 e. The molecule has 2 unspecified atom stereocenters. The average molecular weight is 307 g/mol. The Kier molecular flexibility index (Phi) is 5.24. The fourth-order valence-corrected chi connectivity index (χ4v) is 3.51. The Bertz CT molecular complexity index is 627. The van der Waals surface area contributed by atoms with Crippen LogP contribution in [0.15, 0.2) is 54.6 Å². The Labute approximate surface area is 138 Å². The highest BCUT2D eigenvalue weighted by Crippen LogP contribution is 2.25. The molecule has 120 valence electrons. The summed E-state index contributed by atoms with van der Waals surface area (Å²) in [5.41, 5.74) is 3.65. The SMILES string of the molecule is CCC(C(=O)Cc1ccc(C2CCNC2)cc1)c1ccccc1. The van der Waals surface area contributed by atoms with Crippen molar-refractivity contribution in [2.75, 3.05) is 13.1 Å². The predicted molar refractivity (Wildman–Crippen MR) is 94.9 cm³/mol. The highest BCUT2D eigenvalue weighted by molar-refractivity contribution is 5.87. The van der Waals surface area contributed by atoms with Gasteiger partial charge in [0.15, 0.2) is 0 Å². The van der Waals surface area contributed by atoms with Crippen molar-refractivity contribution in [1.29, 1.82) is 0 Å². The molecular weight excluding hydrogens is 282 g/mol. The van der Waals surface area contributed by atoms with Crippen LogP contribution in [0, 0.1) is 0 Å². The lowest BCUT2D eigenvalue weighted by Gasteiger charge is -2.15. The van der Waals surface area contributed by atoms with Crippen molar-refractivity contribution >= 4 is 5.78 Å². The van der Waals surface area contributed by atoms with Crippen LogP contribution in [0.2, 0.25) is 0 Å². The summed E-state index contributed by atoms with van der Waals surface area (Å²) in [6.07, 6.45) is 2.59. The standard InChI is InChI=1S/C21H25NO/c1-2-20(18-6-4-3-5-7-18)21(23)14-16-8-10-17(11-9-16)19-12-13-22-15-19/h3-11,19-20,22H,2,12-15H2,1H3. The third kappa shape index (κ3) is 3.89. The van der Waals surface area contributed by atoms with Crippen LogP contribution in [0.1, 0.15) is 48.3 Å². The van der Waals surface area contributed by atoms with Crippen LogP contribution < -0.4 is 5.32 Å². The van der Waals surface area contributed by atoms with Crippen molar-refractivity contribution < 1.29 is 4.79 Å². The Morgan fingerprint density at radius 3 is 2.48 bits per heavy atom. The maximum atomic E-state index is 12.7. The van der Waals surface area contributed by atoms with Crippen LogP contribution in [-0.4, -0.2) is 18.9 Å². The third-order valence-corrected chi connectivity index (χ3v) is 4.89. The summed E-state index contributed by atoms with van der Waals surface area (Å²) in [6.45, 7) is 4.27. The van der Waals surface area contributed by atoms with Gasteiger partial charge in [-0.05, 0) is 42.0 Å². The smallest absolute Gasteiger partial charge is 0.144 e. The molecule has 3 rings (SSSR count). The van der Waals surface area contributed by atoms with Crippen LogP contribution in [-0.2, 0) is 11.2 Å². The van der Waals surface area contributed by atoms with Crippen molar-refractivity contribution in [1.82, 2.24) is 5.32 Å². The van der Waals surface area contributed by atoms with Crippen LogP contribution in [0.5, 0.6) is 0 Å². The zero-order chi connectivity index (χ0) is 16.1. The number of Topliss-reactive ketones (excluding diaryl/α,β-unsaturated/α-hetero) is 1. The van der Waals surface area contributed by atoms with E-state index in [0.717, 1.165) is 30.6 Å². The molecule has 2 aromatic carbocycles. The number of carbonyl (C=O) groups is 1. The molecular formula is C21H25NO. The summed E-state index contributed by atoms with van der Waals surface area (Å²) in [7, 11) is 0. The van der Waals surface area contributed by atoms with E-state index in [9.17, 15) is 4.79 Å². The van der Waals surface area contributed by atoms with E-state index in [-0.39, 0.29) is 5.92 Å². The number of rotatable bonds is 6. The normalized spacial score (nSPS) is 18.7.